The highest BCUT2D eigenvalue weighted by Gasteiger charge is 2.54. The van der Waals surface area contributed by atoms with Gasteiger partial charge in [0.1, 0.15) is 12.1 Å². The minimum absolute atomic E-state index is 0.0146. The normalized spacial score (nSPS) is 17.5. The highest BCUT2D eigenvalue weighted by molar-refractivity contribution is 5.97. The van der Waals surface area contributed by atoms with Crippen LogP contribution in [0.15, 0.2) is 60.7 Å². The van der Waals surface area contributed by atoms with Gasteiger partial charge in [-0.15, -0.1) is 0 Å². The minimum Gasteiger partial charge on any atom is -0.352 e. The fourth-order valence-electron chi connectivity index (χ4n) is 4.67. The molecule has 2 aliphatic heterocycles. The van der Waals surface area contributed by atoms with Gasteiger partial charge in [0.15, 0.2) is 0 Å². The van der Waals surface area contributed by atoms with Crippen molar-refractivity contribution in [3.8, 4) is 0 Å². The molecule has 33 heavy (non-hydrogen) atoms. The van der Waals surface area contributed by atoms with Crippen molar-refractivity contribution in [1.29, 1.82) is 0 Å². The Morgan fingerprint density at radius 1 is 0.970 bits per heavy atom. The van der Waals surface area contributed by atoms with Gasteiger partial charge < -0.3 is 25.3 Å². The molecule has 0 saturated carbocycles. The number of nitrogens with one attached hydrogen (secondary N) is 2. The minimum atomic E-state index is -0.761. The maximum absolute atomic E-state index is 13.6. The van der Waals surface area contributed by atoms with Crippen molar-refractivity contribution in [3.05, 3.63) is 60.7 Å². The Labute approximate surface area is 194 Å². The van der Waals surface area contributed by atoms with Gasteiger partial charge in [0.2, 0.25) is 5.91 Å². The van der Waals surface area contributed by atoms with Crippen molar-refractivity contribution in [3.63, 3.8) is 0 Å². The molecule has 0 radical (unpaired) electrons. The van der Waals surface area contributed by atoms with E-state index in [2.05, 4.69) is 15.5 Å². The molecule has 8 nitrogen and oxygen atoms in total. The highest BCUT2D eigenvalue weighted by Crippen LogP contribution is 2.39. The lowest BCUT2D eigenvalue weighted by atomic mass is 9.85. The summed E-state index contributed by atoms with van der Waals surface area (Å²) in [6.07, 6.45) is 1.01. The number of piperidine rings is 1. The lowest BCUT2D eigenvalue weighted by molar-refractivity contribution is -0.137. The van der Waals surface area contributed by atoms with Crippen molar-refractivity contribution < 1.29 is 14.4 Å². The smallest absolute Gasteiger partial charge is 0.321 e. The third-order valence-electron chi connectivity index (χ3n) is 6.27. The zero-order chi connectivity index (χ0) is 23.4. The number of urea groups is 1. The fraction of sp³-hybridized carbons (Fsp3) is 0.400. The Kier molecular flexibility index (Phi) is 6.53. The van der Waals surface area contributed by atoms with Crippen molar-refractivity contribution in [1.82, 2.24) is 15.1 Å². The summed E-state index contributed by atoms with van der Waals surface area (Å²) >= 11 is 0. The molecule has 4 amide bonds. The fourth-order valence-corrected chi connectivity index (χ4v) is 4.67. The first-order valence-corrected chi connectivity index (χ1v) is 11.4. The number of likely N-dealkylation sites (tertiary alicyclic amines) is 1. The van der Waals surface area contributed by atoms with Crippen molar-refractivity contribution >= 4 is 29.2 Å². The Balaban J connectivity index is 1.50. The lowest BCUT2D eigenvalue weighted by Crippen LogP contribution is -2.58. The van der Waals surface area contributed by atoms with Crippen molar-refractivity contribution in [2.45, 2.75) is 38.3 Å². The topological polar surface area (TPSA) is 85.0 Å². The molecule has 8 heteroatoms. The summed E-state index contributed by atoms with van der Waals surface area (Å²) < 4.78 is 0. The van der Waals surface area contributed by atoms with Crippen molar-refractivity contribution in [2.24, 2.45) is 0 Å². The summed E-state index contributed by atoms with van der Waals surface area (Å²) in [5, 5.41) is 5.79. The predicted molar refractivity (Wildman–Crippen MR) is 128 cm³/mol. The molecule has 4 rings (SSSR count). The largest absolute Gasteiger partial charge is 0.352 e. The van der Waals surface area contributed by atoms with Crippen LogP contribution in [-0.4, -0.2) is 65.5 Å². The number of amides is 4. The second-order valence-electron chi connectivity index (χ2n) is 8.95. The summed E-state index contributed by atoms with van der Waals surface area (Å²) in [5.41, 5.74) is 0.927. The second-order valence-corrected chi connectivity index (χ2v) is 8.95. The number of hydrogen-bond donors (Lipinski definition) is 2. The zero-order valence-corrected chi connectivity index (χ0v) is 19.2. The van der Waals surface area contributed by atoms with Gasteiger partial charge in [-0.25, -0.2) is 4.79 Å². The molecule has 0 unspecified atom stereocenters. The van der Waals surface area contributed by atoms with Gasteiger partial charge in [-0.3, -0.25) is 9.59 Å². The van der Waals surface area contributed by atoms with Gasteiger partial charge in [0, 0.05) is 30.5 Å². The molecule has 2 aromatic rings. The average molecular weight is 450 g/mol. The van der Waals surface area contributed by atoms with Crippen LogP contribution in [0.2, 0.25) is 0 Å². The number of carbonyl (C=O) groups excluding carboxylic acids is 3. The molecule has 0 bridgehead atoms. The highest BCUT2D eigenvalue weighted by atomic mass is 16.2. The van der Waals surface area contributed by atoms with Gasteiger partial charge in [-0.2, -0.15) is 0 Å². The number of para-hydroxylation sites is 2. The van der Waals surface area contributed by atoms with E-state index in [0.29, 0.717) is 32.6 Å². The van der Waals surface area contributed by atoms with Gasteiger partial charge in [0.05, 0.1) is 6.67 Å². The molecule has 2 saturated heterocycles. The summed E-state index contributed by atoms with van der Waals surface area (Å²) in [5.74, 6) is -0.212. The Morgan fingerprint density at radius 3 is 2.18 bits per heavy atom. The third kappa shape index (κ3) is 4.79. The Hall–Kier alpha value is -3.55. The Bertz CT molecular complexity index is 988. The molecule has 2 fully saturated rings. The van der Waals surface area contributed by atoms with E-state index in [1.54, 1.807) is 9.80 Å². The molecule has 0 aromatic heterocycles. The number of carbonyl (C=O) groups is 3. The molecule has 2 aromatic carbocycles. The van der Waals surface area contributed by atoms with Crippen LogP contribution in [0.25, 0.3) is 0 Å². The molecule has 1 spiro atoms. The maximum Gasteiger partial charge on any atom is 0.321 e. The van der Waals surface area contributed by atoms with E-state index in [4.69, 9.17) is 0 Å². The predicted octanol–water partition coefficient (Wildman–Crippen LogP) is 2.88. The van der Waals surface area contributed by atoms with Gasteiger partial charge >= 0.3 is 6.03 Å². The number of nitrogens with zero attached hydrogens (tertiary/aromatic N) is 3. The van der Waals surface area contributed by atoms with E-state index in [0.717, 1.165) is 11.4 Å². The van der Waals surface area contributed by atoms with Gasteiger partial charge in [-0.1, -0.05) is 36.4 Å². The molecule has 2 heterocycles. The van der Waals surface area contributed by atoms with E-state index in [-0.39, 0.29) is 30.4 Å². The lowest BCUT2D eigenvalue weighted by Gasteiger charge is -2.43. The molecule has 0 atom stereocenters. The van der Waals surface area contributed by atoms with E-state index in [1.807, 2.05) is 74.5 Å². The summed E-state index contributed by atoms with van der Waals surface area (Å²) in [6.45, 7) is 5.10. The van der Waals surface area contributed by atoms with Crippen LogP contribution in [0.4, 0.5) is 16.2 Å². The van der Waals surface area contributed by atoms with E-state index in [9.17, 15) is 14.4 Å². The van der Waals surface area contributed by atoms with Crippen LogP contribution in [0.3, 0.4) is 0 Å². The van der Waals surface area contributed by atoms with Crippen LogP contribution >= 0.6 is 0 Å². The summed E-state index contributed by atoms with van der Waals surface area (Å²) in [7, 11) is 0. The first-order valence-electron chi connectivity index (χ1n) is 11.4. The average Bonchev–Trinajstić information content (AvgIpc) is 3.06. The summed E-state index contributed by atoms with van der Waals surface area (Å²) in [4.78, 5) is 44.3. The Morgan fingerprint density at radius 2 is 1.58 bits per heavy atom. The van der Waals surface area contributed by atoms with Crippen LogP contribution in [0.1, 0.15) is 26.7 Å². The number of rotatable bonds is 5. The maximum atomic E-state index is 13.6. The van der Waals surface area contributed by atoms with E-state index >= 15 is 0 Å². The van der Waals surface area contributed by atoms with Crippen LogP contribution in [-0.2, 0) is 9.59 Å². The first kappa shape index (κ1) is 22.6. The zero-order valence-electron chi connectivity index (χ0n) is 19.2. The quantitative estimate of drug-likeness (QED) is 0.735. The first-order chi connectivity index (χ1) is 15.9. The number of hydrogen-bond acceptors (Lipinski definition) is 4. The van der Waals surface area contributed by atoms with Gasteiger partial charge in [-0.05, 0) is 51.0 Å². The number of anilines is 2. The molecular weight excluding hydrogens is 418 g/mol. The molecule has 2 aliphatic rings. The molecule has 2 N–H and O–H groups in total. The van der Waals surface area contributed by atoms with E-state index in [1.165, 1.54) is 0 Å². The second kappa shape index (κ2) is 9.52. The molecule has 174 valence electrons. The number of benzene rings is 2. The van der Waals surface area contributed by atoms with Crippen LogP contribution in [0, 0.1) is 0 Å². The molecule has 0 aliphatic carbocycles. The third-order valence-corrected chi connectivity index (χ3v) is 6.27. The summed E-state index contributed by atoms with van der Waals surface area (Å²) in [6, 6.07) is 19.0. The van der Waals surface area contributed by atoms with Crippen LogP contribution < -0.4 is 15.5 Å². The SMILES string of the molecule is CC(C)NC(=O)CN1CN(c2ccccc2)C2(CCN(C(=O)Nc3ccccc3)CC2)C1=O. The molecular formula is C25H31N5O3. The van der Waals surface area contributed by atoms with Gasteiger partial charge in [0.25, 0.3) is 5.91 Å². The monoisotopic (exact) mass is 449 g/mol. The van der Waals surface area contributed by atoms with Crippen LogP contribution in [0.5, 0.6) is 0 Å². The standard InChI is InChI=1S/C25H31N5O3/c1-19(2)26-22(31)17-29-18-30(21-11-7-4-8-12-21)25(23(29)32)13-15-28(16-14-25)24(33)27-20-9-5-3-6-10-20/h3-12,19H,13-18H2,1-2H3,(H,26,31)(H,27,33). The van der Waals surface area contributed by atoms with E-state index < -0.39 is 5.54 Å². The van der Waals surface area contributed by atoms with Crippen molar-refractivity contribution in [2.75, 3.05) is 36.5 Å².